The van der Waals surface area contributed by atoms with Gasteiger partial charge in [0.05, 0.1) is 12.5 Å². The van der Waals surface area contributed by atoms with Crippen LogP contribution in [0.2, 0.25) is 0 Å². The van der Waals surface area contributed by atoms with E-state index in [0.717, 1.165) is 0 Å². The van der Waals surface area contributed by atoms with Crippen LogP contribution >= 0.6 is 0 Å². The van der Waals surface area contributed by atoms with Crippen LogP contribution in [0, 0.1) is 0 Å². The van der Waals surface area contributed by atoms with Crippen LogP contribution in [0.3, 0.4) is 0 Å². The average molecular weight is 160 g/mol. The third-order valence-electron chi connectivity index (χ3n) is 1.35. The van der Waals surface area contributed by atoms with Crippen molar-refractivity contribution in [2.75, 3.05) is 5.32 Å². The zero-order valence-electron chi connectivity index (χ0n) is 6.03. The van der Waals surface area contributed by atoms with Gasteiger partial charge in [0, 0.05) is 11.8 Å². The normalized spacial score (nSPS) is 19.9. The van der Waals surface area contributed by atoms with Crippen LogP contribution < -0.4 is 40.0 Å². The van der Waals surface area contributed by atoms with Crippen molar-refractivity contribution in [1.82, 2.24) is 10.2 Å². The molecule has 1 unspecified atom stereocenters. The molecule has 52 valence electrons. The topological polar surface area (TPSA) is 76.1 Å². The van der Waals surface area contributed by atoms with E-state index in [9.17, 15) is 5.11 Å². The van der Waals surface area contributed by atoms with Crippen molar-refractivity contribution in [3.05, 3.63) is 11.8 Å². The molecule has 1 aliphatic heterocycles. The maximum Gasteiger partial charge on any atom is 1.00 e. The largest absolute Gasteiger partial charge is 1.00 e. The Kier molecular flexibility index (Phi) is 2.67. The van der Waals surface area contributed by atoms with Crippen LogP contribution in [0.5, 0.6) is 0 Å². The van der Waals surface area contributed by atoms with Gasteiger partial charge in [0.25, 0.3) is 0 Å². The molecule has 0 radical (unpaired) electrons. The number of hydrogen-bond acceptors (Lipinski definition) is 4. The molecule has 11 heavy (non-hydrogen) atoms. The third kappa shape index (κ3) is 1.46. The quantitative estimate of drug-likeness (QED) is 0.382. The molecule has 1 aliphatic rings. The molecule has 0 bridgehead atoms. The number of H-pyrrole nitrogens is 1. The smallest absolute Gasteiger partial charge is 0.831 e. The summed E-state index contributed by atoms with van der Waals surface area (Å²) < 4.78 is 0. The first-order valence-electron chi connectivity index (χ1n) is 2.85. The fraction of sp³-hybridized carbons (Fsp3) is 0.200. The van der Waals surface area contributed by atoms with Crippen LogP contribution in [0.25, 0.3) is 0 Å². The second-order valence-corrected chi connectivity index (χ2v) is 1.98. The van der Waals surface area contributed by atoms with Crippen molar-refractivity contribution < 1.29 is 34.7 Å². The molecule has 0 aliphatic carbocycles. The average Bonchev–Trinajstić information content (AvgIpc) is 2.36. The van der Waals surface area contributed by atoms with Gasteiger partial charge in [-0.3, -0.25) is 10.1 Å². The summed E-state index contributed by atoms with van der Waals surface area (Å²) in [5, 5.41) is 20.0. The summed E-state index contributed by atoms with van der Waals surface area (Å²) in [6, 6.07) is 0. The Hall–Kier alpha value is -0.360. The number of rotatable bonds is 0. The van der Waals surface area contributed by atoms with Gasteiger partial charge in [-0.15, -0.1) is 0 Å². The monoisotopic (exact) mass is 160 g/mol. The van der Waals surface area contributed by atoms with Gasteiger partial charge >= 0.3 is 29.6 Å². The van der Waals surface area contributed by atoms with E-state index in [-0.39, 0.29) is 29.6 Å². The first-order chi connectivity index (χ1) is 4.88. The molecule has 0 fully saturated rings. The molecule has 1 aromatic heterocycles. The molecule has 0 spiro atoms. The Morgan fingerprint density at radius 1 is 1.55 bits per heavy atom. The van der Waals surface area contributed by atoms with E-state index < -0.39 is 6.23 Å². The van der Waals surface area contributed by atoms with Gasteiger partial charge in [0.1, 0.15) is 5.82 Å². The van der Waals surface area contributed by atoms with Crippen molar-refractivity contribution in [2.45, 2.75) is 6.23 Å². The molecule has 0 saturated carbocycles. The summed E-state index contributed by atoms with van der Waals surface area (Å²) in [7, 11) is 0. The van der Waals surface area contributed by atoms with E-state index in [0.29, 0.717) is 11.4 Å². The van der Waals surface area contributed by atoms with Gasteiger partial charge in [-0.05, 0) is 0 Å². The number of anilines is 1. The van der Waals surface area contributed by atoms with Gasteiger partial charge in [-0.2, -0.15) is 5.10 Å². The molecule has 0 aromatic carbocycles. The fourth-order valence-corrected chi connectivity index (χ4v) is 0.848. The van der Waals surface area contributed by atoms with E-state index in [1.165, 1.54) is 12.5 Å². The number of fused-ring (bicyclic) bond motifs is 1. The first-order valence-corrected chi connectivity index (χ1v) is 2.85. The van der Waals surface area contributed by atoms with Gasteiger partial charge in [-0.25, -0.2) is 0 Å². The number of aromatic nitrogens is 2. The standard InChI is InChI=1S/C5H5N4O.Na/c10-5-3-1-8-9-4(3)6-2-7-5;/h1-2,5H,(H2,6,7,8,9);/q-1;+1. The van der Waals surface area contributed by atoms with Gasteiger partial charge < -0.3 is 10.4 Å². The molecular formula is C5H5N4NaO. The number of hydrogen-bond donors (Lipinski definition) is 2. The predicted octanol–water partition coefficient (Wildman–Crippen LogP) is -3.77. The minimum Gasteiger partial charge on any atom is -0.831 e. The summed E-state index contributed by atoms with van der Waals surface area (Å²) in [5.74, 6) is 0.648. The summed E-state index contributed by atoms with van der Waals surface area (Å²) in [4.78, 5) is 3.59. The molecule has 6 heteroatoms. The van der Waals surface area contributed by atoms with E-state index in [2.05, 4.69) is 20.5 Å². The zero-order valence-corrected chi connectivity index (χ0v) is 8.03. The van der Waals surface area contributed by atoms with Crippen molar-refractivity contribution in [3.8, 4) is 0 Å². The second-order valence-electron chi connectivity index (χ2n) is 1.98. The van der Waals surface area contributed by atoms with E-state index >= 15 is 0 Å². The number of aromatic amines is 1. The first kappa shape index (κ1) is 8.73. The zero-order chi connectivity index (χ0) is 6.97. The fourth-order valence-electron chi connectivity index (χ4n) is 0.848. The molecule has 2 heterocycles. The Morgan fingerprint density at radius 2 is 2.36 bits per heavy atom. The summed E-state index contributed by atoms with van der Waals surface area (Å²) >= 11 is 0. The Balaban J connectivity index is 0.000000605. The maximum atomic E-state index is 10.9. The molecule has 2 rings (SSSR count). The molecule has 0 saturated heterocycles. The minimum absolute atomic E-state index is 0. The van der Waals surface area contributed by atoms with Crippen molar-refractivity contribution >= 4 is 12.2 Å². The number of nitrogens with zero attached hydrogens (tertiary/aromatic N) is 2. The number of nitrogens with one attached hydrogen (secondary N) is 2. The van der Waals surface area contributed by atoms with E-state index in [4.69, 9.17) is 0 Å². The van der Waals surface area contributed by atoms with Crippen LogP contribution in [0.1, 0.15) is 11.8 Å². The Labute approximate surface area is 85.2 Å². The number of aliphatic imine (C=N–C) groups is 1. The van der Waals surface area contributed by atoms with Gasteiger partial charge in [0.2, 0.25) is 0 Å². The van der Waals surface area contributed by atoms with Crippen LogP contribution in [-0.2, 0) is 0 Å². The maximum absolute atomic E-state index is 10.9. The van der Waals surface area contributed by atoms with Crippen LogP contribution in [0.4, 0.5) is 5.82 Å². The van der Waals surface area contributed by atoms with Crippen molar-refractivity contribution in [1.29, 1.82) is 0 Å². The predicted molar refractivity (Wildman–Crippen MR) is 33.4 cm³/mol. The molecule has 0 amide bonds. The van der Waals surface area contributed by atoms with Crippen LogP contribution in [0.15, 0.2) is 11.2 Å². The molecule has 2 N–H and O–H groups in total. The minimum atomic E-state index is -1.02. The molecule has 1 aromatic rings. The second kappa shape index (κ2) is 3.36. The summed E-state index contributed by atoms with van der Waals surface area (Å²) in [6.07, 6.45) is 1.84. The van der Waals surface area contributed by atoms with E-state index in [1.54, 1.807) is 0 Å². The van der Waals surface area contributed by atoms with E-state index in [1.807, 2.05) is 0 Å². The Bertz CT molecular complexity index is 271. The van der Waals surface area contributed by atoms with Crippen molar-refractivity contribution in [3.63, 3.8) is 0 Å². The SMILES string of the molecule is [Na+].[O-]C1N=CNc2[nH]ncc21. The van der Waals surface area contributed by atoms with Crippen LogP contribution in [-0.4, -0.2) is 16.5 Å². The third-order valence-corrected chi connectivity index (χ3v) is 1.35. The molecule has 1 atom stereocenters. The molecule has 5 nitrogen and oxygen atoms in total. The summed E-state index contributed by atoms with van der Waals surface area (Å²) in [5.41, 5.74) is 0.572. The van der Waals surface area contributed by atoms with Gasteiger partial charge in [-0.1, -0.05) is 0 Å². The van der Waals surface area contributed by atoms with Gasteiger partial charge in [0.15, 0.2) is 0 Å². The summed E-state index contributed by atoms with van der Waals surface area (Å²) in [6.45, 7) is 0. The van der Waals surface area contributed by atoms with Crippen molar-refractivity contribution in [2.24, 2.45) is 4.99 Å². The molecular weight excluding hydrogens is 155 g/mol. The Morgan fingerprint density at radius 3 is 3.09 bits per heavy atom.